The van der Waals surface area contributed by atoms with Gasteiger partial charge in [0.15, 0.2) is 0 Å². The Kier molecular flexibility index (Phi) is 10.4. The molecule has 1 aromatic carbocycles. The number of hydrogen-bond donors (Lipinski definition) is 1. The Morgan fingerprint density at radius 3 is 2.34 bits per heavy atom. The highest BCUT2D eigenvalue weighted by atomic mass is 19.1. The number of benzene rings is 1. The number of hydrogen-bond acceptors (Lipinski definition) is 1. The second-order valence-corrected chi connectivity index (χ2v) is 9.86. The van der Waals surface area contributed by atoms with Crippen LogP contribution in [0.4, 0.5) is 4.39 Å². The lowest BCUT2D eigenvalue weighted by atomic mass is 9.72. The molecule has 1 aliphatic carbocycles. The van der Waals surface area contributed by atoms with Crippen LogP contribution in [0.15, 0.2) is 53.1 Å². The van der Waals surface area contributed by atoms with E-state index in [4.69, 9.17) is 0 Å². The van der Waals surface area contributed by atoms with Gasteiger partial charge in [0.05, 0.1) is 0 Å². The van der Waals surface area contributed by atoms with Crippen LogP contribution in [0.2, 0.25) is 0 Å². The van der Waals surface area contributed by atoms with Crippen molar-refractivity contribution >= 4 is 11.7 Å². The first kappa shape index (κ1) is 26.1. The lowest BCUT2D eigenvalue weighted by molar-refractivity contribution is 0.0953. The third kappa shape index (κ3) is 7.76. The topological polar surface area (TPSA) is 29.1 Å². The fourth-order valence-corrected chi connectivity index (χ4v) is 4.50. The molecule has 0 atom stereocenters. The Hall–Kier alpha value is -2.16. The van der Waals surface area contributed by atoms with Gasteiger partial charge < -0.3 is 5.32 Å². The summed E-state index contributed by atoms with van der Waals surface area (Å²) in [6.07, 6.45) is 14.7. The van der Waals surface area contributed by atoms with E-state index in [0.29, 0.717) is 23.2 Å². The van der Waals surface area contributed by atoms with Gasteiger partial charge in [-0.15, -0.1) is 0 Å². The number of allylic oxidation sites excluding steroid dienone is 5. The zero-order chi connectivity index (χ0) is 23.6. The summed E-state index contributed by atoms with van der Waals surface area (Å²) >= 11 is 0. The van der Waals surface area contributed by atoms with Gasteiger partial charge in [-0.3, -0.25) is 4.79 Å². The van der Waals surface area contributed by atoms with E-state index in [0.717, 1.165) is 25.7 Å². The summed E-state index contributed by atoms with van der Waals surface area (Å²) in [5, 5.41) is 2.97. The Morgan fingerprint density at radius 2 is 1.69 bits per heavy atom. The fourth-order valence-electron chi connectivity index (χ4n) is 4.50. The molecular weight excluding hydrogens is 397 g/mol. The SMILES string of the molecule is CCCCCCCCNC(=O)c1ccc(/C(F)=C(C)/C=C/C2=C(C)CCCC2(C)C)cc1. The molecule has 0 saturated heterocycles. The van der Waals surface area contributed by atoms with E-state index >= 15 is 0 Å². The summed E-state index contributed by atoms with van der Waals surface area (Å²) in [6, 6.07) is 6.81. The van der Waals surface area contributed by atoms with Crippen LogP contribution < -0.4 is 5.32 Å². The number of unbranched alkanes of at least 4 members (excludes halogenated alkanes) is 5. The predicted octanol–water partition coefficient (Wildman–Crippen LogP) is 8.56. The molecule has 0 unspecified atom stereocenters. The average molecular weight is 440 g/mol. The third-order valence-corrected chi connectivity index (χ3v) is 6.61. The van der Waals surface area contributed by atoms with Crippen molar-refractivity contribution in [1.82, 2.24) is 5.32 Å². The molecule has 2 rings (SSSR count). The van der Waals surface area contributed by atoms with Gasteiger partial charge in [0.1, 0.15) is 5.83 Å². The molecule has 0 bridgehead atoms. The second-order valence-electron chi connectivity index (χ2n) is 9.86. The summed E-state index contributed by atoms with van der Waals surface area (Å²) in [4.78, 5) is 12.3. The minimum Gasteiger partial charge on any atom is -0.352 e. The second kappa shape index (κ2) is 12.8. The normalized spacial score (nSPS) is 16.9. The number of nitrogens with one attached hydrogen (secondary N) is 1. The highest BCUT2D eigenvalue weighted by molar-refractivity contribution is 5.94. The molecule has 0 saturated carbocycles. The smallest absolute Gasteiger partial charge is 0.251 e. The first-order valence-electron chi connectivity index (χ1n) is 12.4. The van der Waals surface area contributed by atoms with Crippen molar-refractivity contribution in [3.8, 4) is 0 Å². The number of rotatable bonds is 11. The molecule has 0 spiro atoms. The Balaban J connectivity index is 1.94. The number of carbonyl (C=O) groups excluding carboxylic acids is 1. The Morgan fingerprint density at radius 1 is 1.06 bits per heavy atom. The van der Waals surface area contributed by atoms with Crippen molar-refractivity contribution in [2.75, 3.05) is 6.54 Å². The molecule has 32 heavy (non-hydrogen) atoms. The molecule has 176 valence electrons. The van der Waals surface area contributed by atoms with Gasteiger partial charge in [0, 0.05) is 17.7 Å². The van der Waals surface area contributed by atoms with Crippen molar-refractivity contribution in [2.24, 2.45) is 5.41 Å². The minimum absolute atomic E-state index is 0.0898. The fraction of sp³-hybridized carbons (Fsp3) is 0.552. The van der Waals surface area contributed by atoms with E-state index in [-0.39, 0.29) is 17.1 Å². The average Bonchev–Trinajstić information content (AvgIpc) is 2.77. The van der Waals surface area contributed by atoms with E-state index in [1.54, 1.807) is 31.2 Å². The van der Waals surface area contributed by atoms with Gasteiger partial charge in [-0.1, -0.05) is 82.7 Å². The summed E-state index contributed by atoms with van der Waals surface area (Å²) in [5.41, 5.74) is 4.56. The highest BCUT2D eigenvalue weighted by Gasteiger charge is 2.26. The molecule has 3 heteroatoms. The van der Waals surface area contributed by atoms with Crippen molar-refractivity contribution in [2.45, 2.75) is 92.4 Å². The largest absolute Gasteiger partial charge is 0.352 e. The van der Waals surface area contributed by atoms with Crippen molar-refractivity contribution in [3.63, 3.8) is 0 Å². The van der Waals surface area contributed by atoms with Gasteiger partial charge in [-0.25, -0.2) is 4.39 Å². The molecule has 0 heterocycles. The molecular formula is C29H42FNO. The van der Waals surface area contributed by atoms with Gasteiger partial charge in [-0.2, -0.15) is 0 Å². The molecule has 0 aromatic heterocycles. The van der Waals surface area contributed by atoms with E-state index in [9.17, 15) is 9.18 Å². The van der Waals surface area contributed by atoms with Crippen molar-refractivity contribution in [1.29, 1.82) is 0 Å². The van der Waals surface area contributed by atoms with Crippen molar-refractivity contribution in [3.05, 3.63) is 64.3 Å². The first-order chi connectivity index (χ1) is 15.3. The quantitative estimate of drug-likeness (QED) is 0.271. The summed E-state index contributed by atoms with van der Waals surface area (Å²) in [7, 11) is 0. The monoisotopic (exact) mass is 439 g/mol. The molecule has 1 amide bonds. The van der Waals surface area contributed by atoms with Crippen molar-refractivity contribution < 1.29 is 9.18 Å². The van der Waals surface area contributed by atoms with Gasteiger partial charge in [-0.05, 0) is 68.2 Å². The predicted molar refractivity (Wildman–Crippen MR) is 135 cm³/mol. The lowest BCUT2D eigenvalue weighted by Crippen LogP contribution is -2.24. The summed E-state index contributed by atoms with van der Waals surface area (Å²) < 4.78 is 15.0. The number of amides is 1. The van der Waals surface area contributed by atoms with Gasteiger partial charge in [0.25, 0.3) is 5.91 Å². The van der Waals surface area contributed by atoms with Crippen LogP contribution in [0.1, 0.15) is 108 Å². The third-order valence-electron chi connectivity index (χ3n) is 6.61. The summed E-state index contributed by atoms with van der Waals surface area (Å²) in [6.45, 7) is 11.4. The molecule has 0 fully saturated rings. The Labute approximate surface area is 195 Å². The van der Waals surface area contributed by atoms with Crippen LogP contribution in [-0.4, -0.2) is 12.5 Å². The van der Waals surface area contributed by atoms with E-state index in [1.807, 2.05) is 6.08 Å². The first-order valence-corrected chi connectivity index (χ1v) is 12.4. The van der Waals surface area contributed by atoms with Crippen LogP contribution in [0.25, 0.3) is 5.83 Å². The standard InChI is InChI=1S/C29H42FNO/c1-6-7-8-9-10-11-21-31-28(32)25-17-15-24(16-18-25)27(30)23(3)14-19-26-22(2)13-12-20-29(26,4)5/h14-19H,6-13,20-21H2,1-5H3,(H,31,32)/b19-14+,27-23-. The maximum Gasteiger partial charge on any atom is 0.251 e. The van der Waals surface area contributed by atoms with Crippen LogP contribution >= 0.6 is 0 Å². The van der Waals surface area contributed by atoms with E-state index in [1.165, 1.54) is 43.3 Å². The zero-order valence-corrected chi connectivity index (χ0v) is 20.8. The maximum absolute atomic E-state index is 15.0. The molecule has 1 N–H and O–H groups in total. The number of halogens is 1. The summed E-state index contributed by atoms with van der Waals surface area (Å²) in [5.74, 6) is -0.333. The van der Waals surface area contributed by atoms with E-state index in [2.05, 4.69) is 39.1 Å². The molecule has 0 radical (unpaired) electrons. The van der Waals surface area contributed by atoms with E-state index < -0.39 is 0 Å². The highest BCUT2D eigenvalue weighted by Crippen LogP contribution is 2.41. The molecule has 1 aliphatic rings. The Bertz CT molecular complexity index is 842. The maximum atomic E-state index is 15.0. The van der Waals surface area contributed by atoms with Crippen LogP contribution in [0.3, 0.4) is 0 Å². The van der Waals surface area contributed by atoms with Crippen LogP contribution in [0, 0.1) is 5.41 Å². The lowest BCUT2D eigenvalue weighted by Gasteiger charge is -2.33. The van der Waals surface area contributed by atoms with Gasteiger partial charge >= 0.3 is 0 Å². The molecule has 0 aliphatic heterocycles. The minimum atomic E-state index is -0.243. The zero-order valence-electron chi connectivity index (χ0n) is 20.8. The molecule has 2 nitrogen and oxygen atoms in total. The van der Waals surface area contributed by atoms with Gasteiger partial charge in [0.2, 0.25) is 0 Å². The van der Waals surface area contributed by atoms with Crippen LogP contribution in [-0.2, 0) is 0 Å². The van der Waals surface area contributed by atoms with Crippen LogP contribution in [0.5, 0.6) is 0 Å². The number of carbonyl (C=O) groups is 1. The molecule has 1 aromatic rings.